The van der Waals surface area contributed by atoms with Crippen molar-refractivity contribution in [2.24, 2.45) is 0 Å². The Morgan fingerprint density at radius 2 is 1.87 bits per heavy atom. The first-order chi connectivity index (χ1) is 7.28. The van der Waals surface area contributed by atoms with Crippen molar-refractivity contribution < 1.29 is 0 Å². The third kappa shape index (κ3) is 2.91. The van der Waals surface area contributed by atoms with Crippen LogP contribution in [0.15, 0.2) is 45.5 Å². The third-order valence-corrected chi connectivity index (χ3v) is 4.28. The van der Waals surface area contributed by atoms with Crippen molar-refractivity contribution in [3.05, 3.63) is 40.7 Å². The summed E-state index contributed by atoms with van der Waals surface area (Å²) in [6.45, 7) is 0. The Morgan fingerprint density at radius 3 is 2.40 bits per heavy atom. The van der Waals surface area contributed by atoms with Crippen molar-refractivity contribution >= 4 is 40.4 Å². The highest BCUT2D eigenvalue weighted by atomic mass is 35.5. The van der Waals surface area contributed by atoms with Crippen LogP contribution in [-0.4, -0.2) is 7.05 Å². The third-order valence-electron chi connectivity index (χ3n) is 1.91. The highest BCUT2D eigenvalue weighted by Crippen LogP contribution is 2.35. The van der Waals surface area contributed by atoms with E-state index in [0.29, 0.717) is 0 Å². The quantitative estimate of drug-likeness (QED) is 0.861. The van der Waals surface area contributed by atoms with Crippen LogP contribution in [0.5, 0.6) is 0 Å². The van der Waals surface area contributed by atoms with Gasteiger partial charge in [0, 0.05) is 17.6 Å². The van der Waals surface area contributed by atoms with E-state index >= 15 is 0 Å². The number of hydrogen-bond acceptors (Lipinski definition) is 3. The highest BCUT2D eigenvalue weighted by Gasteiger charge is 2.00. The molecule has 0 fully saturated rings. The lowest BCUT2D eigenvalue weighted by Gasteiger charge is -2.01. The lowest BCUT2D eigenvalue weighted by atomic mass is 10.3. The van der Waals surface area contributed by atoms with Crippen LogP contribution < -0.4 is 5.32 Å². The minimum atomic E-state index is 0.837. The Balaban J connectivity index is 2.11. The van der Waals surface area contributed by atoms with E-state index < -0.39 is 0 Å². The van der Waals surface area contributed by atoms with Gasteiger partial charge >= 0.3 is 0 Å². The lowest BCUT2D eigenvalue weighted by molar-refractivity contribution is 1.42. The SMILES string of the molecule is CNc1ccc(Sc2ccc(Cl)s2)cc1. The molecule has 0 spiro atoms. The number of benzene rings is 1. The Bertz CT molecular complexity index is 436. The van der Waals surface area contributed by atoms with Crippen LogP contribution in [-0.2, 0) is 0 Å². The molecule has 1 aromatic heterocycles. The number of anilines is 1. The van der Waals surface area contributed by atoms with E-state index in [2.05, 4.69) is 29.6 Å². The fraction of sp³-hybridized carbons (Fsp3) is 0.0909. The molecule has 0 amide bonds. The van der Waals surface area contributed by atoms with E-state index in [4.69, 9.17) is 11.6 Å². The standard InChI is InChI=1S/C11H10ClNS2/c1-13-8-2-4-9(5-3-8)14-11-7-6-10(12)15-11/h2-7,13H,1H3. The largest absolute Gasteiger partial charge is 0.388 e. The summed E-state index contributed by atoms with van der Waals surface area (Å²) in [6, 6.07) is 12.3. The van der Waals surface area contributed by atoms with E-state index in [1.807, 2.05) is 19.2 Å². The predicted octanol–water partition coefficient (Wildman–Crippen LogP) is 4.59. The maximum absolute atomic E-state index is 5.87. The molecule has 0 bridgehead atoms. The zero-order valence-corrected chi connectivity index (χ0v) is 10.5. The van der Waals surface area contributed by atoms with Gasteiger partial charge in [-0.25, -0.2) is 0 Å². The molecular formula is C11H10ClNS2. The summed E-state index contributed by atoms with van der Waals surface area (Å²) < 4.78 is 2.06. The van der Waals surface area contributed by atoms with Gasteiger partial charge in [0.25, 0.3) is 0 Å². The summed E-state index contributed by atoms with van der Waals surface area (Å²) >= 11 is 9.21. The monoisotopic (exact) mass is 255 g/mol. The van der Waals surface area contributed by atoms with Gasteiger partial charge in [0.2, 0.25) is 0 Å². The molecule has 0 radical (unpaired) electrons. The molecule has 2 aromatic rings. The molecule has 2 rings (SSSR count). The number of rotatable bonds is 3. The molecule has 4 heteroatoms. The molecular weight excluding hydrogens is 246 g/mol. The Morgan fingerprint density at radius 1 is 1.13 bits per heavy atom. The normalized spacial score (nSPS) is 10.3. The van der Waals surface area contributed by atoms with Gasteiger partial charge in [0.1, 0.15) is 0 Å². The Labute approximate surface area is 102 Å². The van der Waals surface area contributed by atoms with Gasteiger partial charge in [0.05, 0.1) is 8.55 Å². The molecule has 0 saturated carbocycles. The average Bonchev–Trinajstić information content (AvgIpc) is 2.65. The Kier molecular flexibility index (Phi) is 3.57. The highest BCUT2D eigenvalue weighted by molar-refractivity contribution is 8.01. The first-order valence-electron chi connectivity index (χ1n) is 4.49. The summed E-state index contributed by atoms with van der Waals surface area (Å²) in [5.74, 6) is 0. The fourth-order valence-electron chi connectivity index (χ4n) is 1.16. The summed E-state index contributed by atoms with van der Waals surface area (Å²) in [5, 5.41) is 3.09. The number of nitrogens with one attached hydrogen (secondary N) is 1. The molecule has 0 aliphatic heterocycles. The van der Waals surface area contributed by atoms with Crippen LogP contribution in [0, 0.1) is 0 Å². The van der Waals surface area contributed by atoms with Gasteiger partial charge in [-0.2, -0.15) is 0 Å². The molecule has 1 aromatic carbocycles. The summed E-state index contributed by atoms with van der Waals surface area (Å²) in [4.78, 5) is 1.23. The minimum absolute atomic E-state index is 0.837. The molecule has 15 heavy (non-hydrogen) atoms. The second-order valence-electron chi connectivity index (χ2n) is 2.93. The number of hydrogen-bond donors (Lipinski definition) is 1. The van der Waals surface area contributed by atoms with E-state index in [1.165, 1.54) is 9.10 Å². The van der Waals surface area contributed by atoms with Crippen molar-refractivity contribution in [1.82, 2.24) is 0 Å². The fourth-order valence-corrected chi connectivity index (χ4v) is 3.44. The summed E-state index contributed by atoms with van der Waals surface area (Å²) in [7, 11) is 1.92. The van der Waals surface area contributed by atoms with Gasteiger partial charge in [0.15, 0.2) is 0 Å². The molecule has 78 valence electrons. The second-order valence-corrected chi connectivity index (χ2v) is 6.02. The van der Waals surface area contributed by atoms with Gasteiger partial charge in [-0.15, -0.1) is 11.3 Å². The molecule has 0 saturated heterocycles. The van der Waals surface area contributed by atoms with Crippen molar-refractivity contribution in [3.63, 3.8) is 0 Å². The van der Waals surface area contributed by atoms with Crippen LogP contribution in [0.4, 0.5) is 5.69 Å². The molecule has 1 N–H and O–H groups in total. The van der Waals surface area contributed by atoms with Crippen LogP contribution in [0.3, 0.4) is 0 Å². The van der Waals surface area contributed by atoms with E-state index in [-0.39, 0.29) is 0 Å². The van der Waals surface area contributed by atoms with E-state index in [9.17, 15) is 0 Å². The molecule has 0 unspecified atom stereocenters. The predicted molar refractivity (Wildman–Crippen MR) is 69.4 cm³/mol. The first-order valence-corrected chi connectivity index (χ1v) is 6.50. The van der Waals surface area contributed by atoms with Gasteiger partial charge in [-0.05, 0) is 36.4 Å². The maximum Gasteiger partial charge on any atom is 0.0940 e. The van der Waals surface area contributed by atoms with Crippen molar-refractivity contribution in [2.45, 2.75) is 9.10 Å². The number of thiophene rings is 1. The minimum Gasteiger partial charge on any atom is -0.388 e. The molecule has 0 aliphatic carbocycles. The van der Waals surface area contributed by atoms with Crippen LogP contribution >= 0.6 is 34.7 Å². The van der Waals surface area contributed by atoms with Gasteiger partial charge < -0.3 is 5.32 Å². The van der Waals surface area contributed by atoms with Crippen LogP contribution in [0.25, 0.3) is 0 Å². The average molecular weight is 256 g/mol. The van der Waals surface area contributed by atoms with Gasteiger partial charge in [-0.1, -0.05) is 23.4 Å². The second kappa shape index (κ2) is 4.92. The van der Waals surface area contributed by atoms with Crippen molar-refractivity contribution in [3.8, 4) is 0 Å². The summed E-state index contributed by atoms with van der Waals surface area (Å²) in [6.07, 6.45) is 0. The summed E-state index contributed by atoms with van der Waals surface area (Å²) in [5.41, 5.74) is 1.13. The topological polar surface area (TPSA) is 12.0 Å². The molecule has 0 aliphatic rings. The smallest absolute Gasteiger partial charge is 0.0940 e. The molecule has 1 heterocycles. The zero-order valence-electron chi connectivity index (χ0n) is 8.16. The maximum atomic E-state index is 5.87. The van der Waals surface area contributed by atoms with Gasteiger partial charge in [-0.3, -0.25) is 0 Å². The van der Waals surface area contributed by atoms with E-state index in [1.54, 1.807) is 23.1 Å². The van der Waals surface area contributed by atoms with E-state index in [0.717, 1.165) is 10.0 Å². The van der Waals surface area contributed by atoms with Crippen LogP contribution in [0.2, 0.25) is 4.34 Å². The zero-order chi connectivity index (χ0) is 10.7. The lowest BCUT2D eigenvalue weighted by Crippen LogP contribution is -1.85. The number of halogens is 1. The molecule has 1 nitrogen and oxygen atoms in total. The Hall–Kier alpha value is -0.640. The van der Waals surface area contributed by atoms with Crippen molar-refractivity contribution in [1.29, 1.82) is 0 Å². The van der Waals surface area contributed by atoms with Crippen molar-refractivity contribution in [2.75, 3.05) is 12.4 Å². The molecule has 0 atom stereocenters. The first kappa shape index (κ1) is 10.9. The van der Waals surface area contributed by atoms with Crippen LogP contribution in [0.1, 0.15) is 0 Å².